The van der Waals surface area contributed by atoms with Crippen LogP contribution in [-0.2, 0) is 6.42 Å². The minimum absolute atomic E-state index is 0.198. The number of aliphatic imine (C=N–C) groups is 1. The zero-order valence-electron chi connectivity index (χ0n) is 9.96. The second-order valence-corrected chi connectivity index (χ2v) is 4.34. The Morgan fingerprint density at radius 2 is 2.39 bits per heavy atom. The van der Waals surface area contributed by atoms with Crippen molar-refractivity contribution in [3.8, 4) is 0 Å². The number of carbonyl (C=O) groups is 1. The second kappa shape index (κ2) is 5.27. The average Bonchev–Trinajstić information content (AvgIpc) is 2.84. The summed E-state index contributed by atoms with van der Waals surface area (Å²) in [4.78, 5) is 15.2. The predicted molar refractivity (Wildman–Crippen MR) is 71.7 cm³/mol. The van der Waals surface area contributed by atoms with E-state index in [0.717, 1.165) is 24.3 Å². The second-order valence-electron chi connectivity index (χ2n) is 3.93. The molecule has 0 fully saturated rings. The smallest absolute Gasteiger partial charge is 0.335 e. The molecule has 1 heterocycles. The van der Waals surface area contributed by atoms with Crippen molar-refractivity contribution in [1.29, 1.82) is 0 Å². The number of aromatic carboxylic acids is 1. The molecule has 0 atom stereocenters. The highest BCUT2D eigenvalue weighted by atomic mass is 35.5. The number of aryl methyl sites for hydroxylation is 1. The van der Waals surface area contributed by atoms with Crippen LogP contribution in [-0.4, -0.2) is 30.1 Å². The molecule has 1 aliphatic heterocycles. The monoisotopic (exact) mass is 267 g/mol. The molecule has 2 rings (SSSR count). The van der Waals surface area contributed by atoms with Crippen molar-refractivity contribution in [2.45, 2.75) is 13.3 Å². The molecule has 0 aliphatic carbocycles. The first-order valence-electron chi connectivity index (χ1n) is 5.73. The van der Waals surface area contributed by atoms with Gasteiger partial charge in [0.2, 0.25) is 0 Å². The van der Waals surface area contributed by atoms with E-state index in [4.69, 9.17) is 16.7 Å². The highest BCUT2D eigenvalue weighted by Gasteiger charge is 2.14. The number of rotatable bonds is 3. The van der Waals surface area contributed by atoms with E-state index in [2.05, 4.69) is 15.6 Å². The fourth-order valence-corrected chi connectivity index (χ4v) is 2.09. The Kier molecular flexibility index (Phi) is 3.72. The number of carboxylic acids is 1. The number of guanidine groups is 1. The zero-order valence-corrected chi connectivity index (χ0v) is 10.7. The maximum Gasteiger partial charge on any atom is 0.335 e. The molecule has 1 aliphatic rings. The van der Waals surface area contributed by atoms with Crippen LogP contribution >= 0.6 is 11.6 Å². The third-order valence-electron chi connectivity index (χ3n) is 2.72. The van der Waals surface area contributed by atoms with Gasteiger partial charge in [-0.25, -0.2) is 4.79 Å². The van der Waals surface area contributed by atoms with Crippen LogP contribution in [0.4, 0.5) is 5.69 Å². The molecule has 1 aromatic carbocycles. The summed E-state index contributed by atoms with van der Waals surface area (Å²) in [7, 11) is 0. The van der Waals surface area contributed by atoms with Crippen molar-refractivity contribution in [2.75, 3.05) is 18.4 Å². The fourth-order valence-electron chi connectivity index (χ4n) is 1.81. The van der Waals surface area contributed by atoms with Gasteiger partial charge in [-0.3, -0.25) is 4.99 Å². The fraction of sp³-hybridized carbons (Fsp3) is 0.333. The quantitative estimate of drug-likeness (QED) is 0.783. The lowest BCUT2D eigenvalue weighted by Gasteiger charge is -2.14. The normalized spacial score (nSPS) is 14.0. The van der Waals surface area contributed by atoms with Crippen LogP contribution in [0.2, 0.25) is 5.02 Å². The van der Waals surface area contributed by atoms with E-state index in [1.165, 1.54) is 6.07 Å². The number of halogens is 1. The molecule has 0 spiro atoms. The zero-order chi connectivity index (χ0) is 13.1. The summed E-state index contributed by atoms with van der Waals surface area (Å²) < 4.78 is 0. The first-order chi connectivity index (χ1) is 8.61. The Labute approximate surface area is 110 Å². The van der Waals surface area contributed by atoms with E-state index in [1.807, 2.05) is 6.92 Å². The van der Waals surface area contributed by atoms with Crippen molar-refractivity contribution in [3.63, 3.8) is 0 Å². The number of benzene rings is 1. The van der Waals surface area contributed by atoms with Crippen molar-refractivity contribution in [1.82, 2.24) is 5.32 Å². The van der Waals surface area contributed by atoms with E-state index >= 15 is 0 Å². The highest BCUT2D eigenvalue weighted by Crippen LogP contribution is 2.28. The van der Waals surface area contributed by atoms with Gasteiger partial charge in [0.25, 0.3) is 0 Å². The molecule has 3 N–H and O–H groups in total. The largest absolute Gasteiger partial charge is 0.478 e. The van der Waals surface area contributed by atoms with Gasteiger partial charge in [-0.2, -0.15) is 0 Å². The Morgan fingerprint density at radius 1 is 1.61 bits per heavy atom. The van der Waals surface area contributed by atoms with Gasteiger partial charge < -0.3 is 15.7 Å². The van der Waals surface area contributed by atoms with Gasteiger partial charge >= 0.3 is 5.97 Å². The molecule has 5 nitrogen and oxygen atoms in total. The highest BCUT2D eigenvalue weighted by molar-refractivity contribution is 6.34. The summed E-state index contributed by atoms with van der Waals surface area (Å²) >= 11 is 6.13. The molecule has 0 aromatic heterocycles. The number of carboxylic acid groups (broad SMARTS) is 1. The summed E-state index contributed by atoms with van der Waals surface area (Å²) in [6, 6.07) is 3.08. The van der Waals surface area contributed by atoms with E-state index in [1.54, 1.807) is 6.07 Å². The number of anilines is 1. The van der Waals surface area contributed by atoms with Gasteiger partial charge in [0.05, 0.1) is 22.8 Å². The minimum Gasteiger partial charge on any atom is -0.478 e. The summed E-state index contributed by atoms with van der Waals surface area (Å²) in [5.41, 5.74) is 1.78. The molecule has 18 heavy (non-hydrogen) atoms. The van der Waals surface area contributed by atoms with E-state index < -0.39 is 5.97 Å². The van der Waals surface area contributed by atoms with Gasteiger partial charge in [0.1, 0.15) is 0 Å². The molecule has 0 amide bonds. The van der Waals surface area contributed by atoms with Crippen molar-refractivity contribution < 1.29 is 9.90 Å². The number of hydrogen-bond donors (Lipinski definition) is 3. The van der Waals surface area contributed by atoms with E-state index in [0.29, 0.717) is 17.4 Å². The molecule has 0 saturated heterocycles. The summed E-state index contributed by atoms with van der Waals surface area (Å²) in [6.45, 7) is 3.48. The number of nitrogens with zero attached hydrogens (tertiary/aromatic N) is 1. The standard InChI is InChI=1S/C12H14ClN3O2/c1-2-7-5-8(11(17)18)6-9(13)10(7)16-12-14-3-4-15-12/h5-6H,2-4H2,1H3,(H,17,18)(H2,14,15,16). The van der Waals surface area contributed by atoms with E-state index in [-0.39, 0.29) is 5.56 Å². The SMILES string of the molecule is CCc1cc(C(=O)O)cc(Cl)c1NC1=NCCN1. The first-order valence-corrected chi connectivity index (χ1v) is 6.10. The Bertz CT molecular complexity index is 514. The lowest BCUT2D eigenvalue weighted by Crippen LogP contribution is -2.27. The van der Waals surface area contributed by atoms with Crippen LogP contribution in [0, 0.1) is 0 Å². The maximum atomic E-state index is 11.0. The molecular formula is C12H14ClN3O2. The van der Waals surface area contributed by atoms with Crippen molar-refractivity contribution in [2.24, 2.45) is 4.99 Å². The summed E-state index contributed by atoms with van der Waals surface area (Å²) in [5, 5.41) is 15.6. The topological polar surface area (TPSA) is 73.7 Å². The van der Waals surface area contributed by atoms with Gasteiger partial charge in [-0.05, 0) is 24.1 Å². The predicted octanol–water partition coefficient (Wildman–Crippen LogP) is 1.97. The van der Waals surface area contributed by atoms with Crippen LogP contribution < -0.4 is 10.6 Å². The summed E-state index contributed by atoms with van der Waals surface area (Å²) in [5.74, 6) is -0.302. The third-order valence-corrected chi connectivity index (χ3v) is 3.02. The van der Waals surface area contributed by atoms with Gasteiger partial charge in [-0.1, -0.05) is 18.5 Å². The Morgan fingerprint density at radius 3 is 2.94 bits per heavy atom. The van der Waals surface area contributed by atoms with Crippen LogP contribution in [0.3, 0.4) is 0 Å². The lowest BCUT2D eigenvalue weighted by atomic mass is 10.1. The van der Waals surface area contributed by atoms with Gasteiger partial charge in [0, 0.05) is 6.54 Å². The molecule has 0 saturated carbocycles. The van der Waals surface area contributed by atoms with E-state index in [9.17, 15) is 4.79 Å². The van der Waals surface area contributed by atoms with Crippen molar-refractivity contribution >= 4 is 29.2 Å². The van der Waals surface area contributed by atoms with Crippen LogP contribution in [0.5, 0.6) is 0 Å². The van der Waals surface area contributed by atoms with Gasteiger partial charge in [0.15, 0.2) is 5.96 Å². The lowest BCUT2D eigenvalue weighted by molar-refractivity contribution is 0.0697. The summed E-state index contributed by atoms with van der Waals surface area (Å²) in [6.07, 6.45) is 0.691. The number of hydrogen-bond acceptors (Lipinski definition) is 4. The molecule has 6 heteroatoms. The minimum atomic E-state index is -0.977. The van der Waals surface area contributed by atoms with Crippen LogP contribution in [0.1, 0.15) is 22.8 Å². The van der Waals surface area contributed by atoms with Crippen molar-refractivity contribution in [3.05, 3.63) is 28.3 Å². The van der Waals surface area contributed by atoms with Crippen LogP contribution in [0.15, 0.2) is 17.1 Å². The Hall–Kier alpha value is -1.75. The third kappa shape index (κ3) is 2.56. The Balaban J connectivity index is 2.36. The molecular weight excluding hydrogens is 254 g/mol. The first kappa shape index (κ1) is 12.7. The molecule has 0 bridgehead atoms. The van der Waals surface area contributed by atoms with Crippen LogP contribution in [0.25, 0.3) is 0 Å². The maximum absolute atomic E-state index is 11.0. The number of nitrogens with one attached hydrogen (secondary N) is 2. The molecule has 1 aromatic rings. The molecule has 0 radical (unpaired) electrons. The van der Waals surface area contributed by atoms with Gasteiger partial charge in [-0.15, -0.1) is 0 Å². The molecule has 0 unspecified atom stereocenters. The molecule has 96 valence electrons. The average molecular weight is 268 g/mol.